The van der Waals surface area contributed by atoms with E-state index in [1.165, 1.54) is 6.39 Å². The lowest BCUT2D eigenvalue weighted by atomic mass is 10.1. The minimum Gasteiger partial charge on any atom is -0.449 e. The van der Waals surface area contributed by atoms with E-state index in [1.807, 2.05) is 31.2 Å². The molecule has 0 aliphatic carbocycles. The monoisotopic (exact) mass is 376 g/mol. The zero-order valence-corrected chi connectivity index (χ0v) is 15.2. The van der Waals surface area contributed by atoms with E-state index in [2.05, 4.69) is 20.4 Å². The van der Waals surface area contributed by atoms with Gasteiger partial charge in [0.15, 0.2) is 6.10 Å². The number of hydrogen-bond donors (Lipinski definition) is 0. The Hall–Kier alpha value is -3.81. The molecule has 8 heteroatoms. The van der Waals surface area contributed by atoms with Crippen LogP contribution in [0, 0.1) is 6.92 Å². The summed E-state index contributed by atoms with van der Waals surface area (Å²) in [6.07, 6.45) is 0.559. The van der Waals surface area contributed by atoms with Crippen LogP contribution in [0.1, 0.15) is 34.8 Å². The van der Waals surface area contributed by atoms with Gasteiger partial charge in [0.05, 0.1) is 5.56 Å². The molecule has 0 N–H and O–H groups in total. The zero-order valence-electron chi connectivity index (χ0n) is 15.2. The highest BCUT2D eigenvalue weighted by Crippen LogP contribution is 2.24. The first-order chi connectivity index (χ1) is 13.6. The van der Waals surface area contributed by atoms with Crippen molar-refractivity contribution >= 4 is 5.97 Å². The number of aryl methyl sites for hydroxylation is 1. The smallest absolute Gasteiger partial charge is 0.338 e. The van der Waals surface area contributed by atoms with Crippen LogP contribution in [0.2, 0.25) is 0 Å². The molecule has 8 nitrogen and oxygen atoms in total. The van der Waals surface area contributed by atoms with Gasteiger partial charge in [0.2, 0.25) is 18.2 Å². The van der Waals surface area contributed by atoms with Gasteiger partial charge in [-0.1, -0.05) is 17.7 Å². The highest BCUT2D eigenvalue weighted by Gasteiger charge is 2.20. The highest BCUT2D eigenvalue weighted by molar-refractivity contribution is 5.90. The van der Waals surface area contributed by atoms with Gasteiger partial charge < -0.3 is 13.6 Å². The SMILES string of the molecule is Cc1ccc(-c2nnc([C@@H](C)OC(=O)c3ccc(-c4nnco4)cc3)o2)cc1. The number of carbonyl (C=O) groups excluding carboxylic acids is 1. The van der Waals surface area contributed by atoms with Gasteiger partial charge in [-0.05, 0) is 50.2 Å². The van der Waals surface area contributed by atoms with Crippen molar-refractivity contribution in [3.05, 3.63) is 71.9 Å². The van der Waals surface area contributed by atoms with E-state index in [0.29, 0.717) is 22.9 Å². The lowest BCUT2D eigenvalue weighted by molar-refractivity contribution is 0.0280. The number of hydrogen-bond acceptors (Lipinski definition) is 8. The largest absolute Gasteiger partial charge is 0.449 e. The molecule has 1 atom stereocenters. The van der Waals surface area contributed by atoms with Gasteiger partial charge in [-0.25, -0.2) is 4.79 Å². The second-order valence-corrected chi connectivity index (χ2v) is 6.18. The lowest BCUT2D eigenvalue weighted by Crippen LogP contribution is -2.09. The topological polar surface area (TPSA) is 104 Å². The van der Waals surface area contributed by atoms with E-state index in [0.717, 1.165) is 11.1 Å². The minimum atomic E-state index is -0.685. The van der Waals surface area contributed by atoms with Gasteiger partial charge >= 0.3 is 5.97 Å². The first-order valence-electron chi connectivity index (χ1n) is 8.58. The molecule has 0 spiro atoms. The predicted octanol–water partition coefficient (Wildman–Crippen LogP) is 4.01. The molecule has 0 radical (unpaired) electrons. The first kappa shape index (κ1) is 17.6. The number of rotatable bonds is 5. The first-order valence-corrected chi connectivity index (χ1v) is 8.58. The molecule has 0 unspecified atom stereocenters. The quantitative estimate of drug-likeness (QED) is 0.481. The molecule has 0 saturated heterocycles. The zero-order chi connectivity index (χ0) is 19.5. The normalized spacial score (nSPS) is 11.9. The second kappa shape index (κ2) is 7.43. The van der Waals surface area contributed by atoms with Gasteiger partial charge in [-0.3, -0.25) is 0 Å². The fraction of sp³-hybridized carbons (Fsp3) is 0.150. The Balaban J connectivity index is 1.44. The van der Waals surface area contributed by atoms with Crippen molar-refractivity contribution in [3.8, 4) is 22.9 Å². The van der Waals surface area contributed by atoms with E-state index >= 15 is 0 Å². The summed E-state index contributed by atoms with van der Waals surface area (Å²) in [7, 11) is 0. The average Bonchev–Trinajstić information content (AvgIpc) is 3.41. The Labute approximate surface area is 160 Å². The van der Waals surface area contributed by atoms with Crippen LogP contribution in [0.4, 0.5) is 0 Å². The third-order valence-electron chi connectivity index (χ3n) is 4.10. The third-order valence-corrected chi connectivity index (χ3v) is 4.10. The van der Waals surface area contributed by atoms with E-state index in [9.17, 15) is 4.79 Å². The molecule has 0 fully saturated rings. The molecular formula is C20H16N4O4. The van der Waals surface area contributed by atoms with Crippen LogP contribution in [0.25, 0.3) is 22.9 Å². The maximum atomic E-state index is 12.4. The van der Waals surface area contributed by atoms with Crippen LogP contribution >= 0.6 is 0 Å². The van der Waals surface area contributed by atoms with Crippen molar-refractivity contribution in [2.24, 2.45) is 0 Å². The number of ether oxygens (including phenoxy) is 1. The van der Waals surface area contributed by atoms with Crippen LogP contribution in [0.15, 0.2) is 63.8 Å². The lowest BCUT2D eigenvalue weighted by Gasteiger charge is -2.09. The molecular weight excluding hydrogens is 360 g/mol. The molecule has 28 heavy (non-hydrogen) atoms. The van der Waals surface area contributed by atoms with Gasteiger partial charge in [-0.15, -0.1) is 20.4 Å². The molecule has 4 rings (SSSR count). The molecule has 2 aromatic heterocycles. The van der Waals surface area contributed by atoms with Crippen molar-refractivity contribution in [2.45, 2.75) is 20.0 Å². The Morgan fingerprint density at radius 3 is 2.29 bits per heavy atom. The number of aromatic nitrogens is 4. The number of benzene rings is 2. The molecule has 0 aliphatic rings. The Bertz CT molecular complexity index is 1070. The maximum absolute atomic E-state index is 12.4. The van der Waals surface area contributed by atoms with Crippen LogP contribution in [-0.2, 0) is 4.74 Å². The third kappa shape index (κ3) is 3.66. The Morgan fingerprint density at radius 2 is 1.61 bits per heavy atom. The predicted molar refractivity (Wildman–Crippen MR) is 98.0 cm³/mol. The maximum Gasteiger partial charge on any atom is 0.338 e. The molecule has 140 valence electrons. The summed E-state index contributed by atoms with van der Waals surface area (Å²) in [6, 6.07) is 14.4. The Morgan fingerprint density at radius 1 is 0.929 bits per heavy atom. The van der Waals surface area contributed by atoms with E-state index in [-0.39, 0.29) is 5.89 Å². The fourth-order valence-electron chi connectivity index (χ4n) is 2.54. The minimum absolute atomic E-state index is 0.228. The average molecular weight is 376 g/mol. The second-order valence-electron chi connectivity index (χ2n) is 6.18. The van der Waals surface area contributed by atoms with E-state index in [4.69, 9.17) is 13.6 Å². The summed E-state index contributed by atoms with van der Waals surface area (Å²) in [5, 5.41) is 15.5. The van der Waals surface area contributed by atoms with Crippen LogP contribution in [0.5, 0.6) is 0 Å². The van der Waals surface area contributed by atoms with Gasteiger partial charge in [0, 0.05) is 11.1 Å². The van der Waals surface area contributed by atoms with Crippen molar-refractivity contribution in [1.29, 1.82) is 0 Å². The van der Waals surface area contributed by atoms with E-state index in [1.54, 1.807) is 31.2 Å². The highest BCUT2D eigenvalue weighted by atomic mass is 16.6. The summed E-state index contributed by atoms with van der Waals surface area (Å²) in [5.74, 6) is 0.482. The Kier molecular flexibility index (Phi) is 4.67. The van der Waals surface area contributed by atoms with Gasteiger partial charge in [0.25, 0.3) is 5.89 Å². The molecule has 0 amide bonds. The summed E-state index contributed by atoms with van der Waals surface area (Å²) in [6.45, 7) is 3.68. The van der Waals surface area contributed by atoms with Crippen LogP contribution in [-0.4, -0.2) is 26.4 Å². The molecule has 0 bridgehead atoms. The summed E-state index contributed by atoms with van der Waals surface area (Å²) >= 11 is 0. The summed E-state index contributed by atoms with van der Waals surface area (Å²) in [5.41, 5.74) is 3.03. The number of carbonyl (C=O) groups is 1. The van der Waals surface area contributed by atoms with Crippen LogP contribution < -0.4 is 0 Å². The molecule has 0 saturated carbocycles. The van der Waals surface area contributed by atoms with E-state index < -0.39 is 12.1 Å². The molecule has 2 aromatic carbocycles. The fourth-order valence-corrected chi connectivity index (χ4v) is 2.54. The summed E-state index contributed by atoms with van der Waals surface area (Å²) < 4.78 is 16.2. The van der Waals surface area contributed by atoms with Gasteiger partial charge in [0.1, 0.15) is 0 Å². The molecule has 0 aliphatic heterocycles. The van der Waals surface area contributed by atoms with Crippen molar-refractivity contribution in [3.63, 3.8) is 0 Å². The summed E-state index contributed by atoms with van der Waals surface area (Å²) in [4.78, 5) is 12.4. The van der Waals surface area contributed by atoms with Crippen molar-refractivity contribution in [2.75, 3.05) is 0 Å². The van der Waals surface area contributed by atoms with Gasteiger partial charge in [-0.2, -0.15) is 0 Å². The molecule has 2 heterocycles. The standard InChI is InChI=1S/C20H16N4O4/c1-12-3-5-15(6-4-12)19-24-23-17(28-19)13(2)27-20(25)16-9-7-14(8-10-16)18-22-21-11-26-18/h3-11,13H,1-2H3/t13-/m1/s1. The van der Waals surface area contributed by atoms with Crippen molar-refractivity contribution < 1.29 is 18.4 Å². The van der Waals surface area contributed by atoms with Crippen LogP contribution in [0.3, 0.4) is 0 Å². The number of nitrogens with zero attached hydrogens (tertiary/aromatic N) is 4. The molecule has 4 aromatic rings. The van der Waals surface area contributed by atoms with Crippen molar-refractivity contribution in [1.82, 2.24) is 20.4 Å². The number of esters is 1.